The Labute approximate surface area is 305 Å². The lowest BCUT2D eigenvalue weighted by atomic mass is 9.83. The molecule has 1 fully saturated rings. The number of pyridine rings is 1. The van der Waals surface area contributed by atoms with Gasteiger partial charge in [-0.15, -0.1) is 9.42 Å². The lowest BCUT2D eigenvalue weighted by molar-refractivity contribution is -0.0511. The first kappa shape index (κ1) is 36.0. The maximum atomic E-state index is 14.2. The van der Waals surface area contributed by atoms with Crippen LogP contribution in [0.25, 0.3) is 0 Å². The highest BCUT2D eigenvalue weighted by Crippen LogP contribution is 2.46. The predicted molar refractivity (Wildman–Crippen MR) is 192 cm³/mol. The zero-order valence-corrected chi connectivity index (χ0v) is 29.3. The third-order valence-corrected chi connectivity index (χ3v) is 9.85. The van der Waals surface area contributed by atoms with E-state index in [0.717, 1.165) is 27.0 Å². The maximum Gasteiger partial charge on any atom is 0.695 e. The first-order valence-electron chi connectivity index (χ1n) is 16.9. The number of carbonyl (C=O) groups excluding carboxylic acids is 1. The molecule has 15 heteroatoms. The van der Waals surface area contributed by atoms with Crippen molar-refractivity contribution in [3.05, 3.63) is 154 Å². The smallest absolute Gasteiger partial charge is 0.491 e. The molecule has 0 radical (unpaired) electrons. The van der Waals surface area contributed by atoms with E-state index in [1.54, 1.807) is 18.3 Å². The Balaban J connectivity index is 1.16. The van der Waals surface area contributed by atoms with E-state index in [0.29, 0.717) is 30.9 Å². The molecule has 53 heavy (non-hydrogen) atoms. The second-order valence-electron chi connectivity index (χ2n) is 12.6. The number of hydrogen-bond donors (Lipinski definition) is 3. The van der Waals surface area contributed by atoms with Crippen molar-refractivity contribution < 1.29 is 38.1 Å². The molecule has 2 aromatic heterocycles. The van der Waals surface area contributed by atoms with Crippen molar-refractivity contribution in [2.45, 2.75) is 43.0 Å². The van der Waals surface area contributed by atoms with Gasteiger partial charge in [-0.1, -0.05) is 66.7 Å². The summed E-state index contributed by atoms with van der Waals surface area (Å²) >= 11 is 0. The molecule has 0 bridgehead atoms. The summed E-state index contributed by atoms with van der Waals surface area (Å²) in [5.74, 6) is 0.278. The Morgan fingerprint density at radius 1 is 0.943 bits per heavy atom. The van der Waals surface area contributed by atoms with E-state index in [9.17, 15) is 24.2 Å². The van der Waals surface area contributed by atoms with Crippen LogP contribution < -0.4 is 16.2 Å². The number of anilines is 1. The van der Waals surface area contributed by atoms with Crippen LogP contribution in [-0.2, 0) is 37.1 Å². The van der Waals surface area contributed by atoms with Crippen LogP contribution in [-0.4, -0.2) is 73.5 Å². The lowest BCUT2D eigenvalue weighted by Crippen LogP contribution is -2.48. The zero-order valence-electron chi connectivity index (χ0n) is 28.4. The number of nitrogens with zero attached hydrogens (tertiary/aromatic N) is 4. The van der Waals surface area contributed by atoms with Gasteiger partial charge in [0.25, 0.3) is 5.91 Å². The average Bonchev–Trinajstić information content (AvgIpc) is 3.59. The van der Waals surface area contributed by atoms with Gasteiger partial charge < -0.3 is 30.0 Å². The van der Waals surface area contributed by atoms with Crippen LogP contribution >= 0.6 is 8.25 Å². The summed E-state index contributed by atoms with van der Waals surface area (Å²) in [5, 5.41) is 11.0. The van der Waals surface area contributed by atoms with Crippen molar-refractivity contribution in [1.82, 2.24) is 19.4 Å². The molecular weight excluding hydrogens is 701 g/mol. The molecule has 2 aliphatic rings. The average molecular weight is 739 g/mol. The van der Waals surface area contributed by atoms with E-state index in [2.05, 4.69) is 9.97 Å². The molecule has 14 nitrogen and oxygen atoms in total. The van der Waals surface area contributed by atoms with Crippen LogP contribution in [0.15, 0.2) is 120 Å². The Kier molecular flexibility index (Phi) is 10.7. The minimum absolute atomic E-state index is 0.0141. The van der Waals surface area contributed by atoms with Gasteiger partial charge in [-0.3, -0.25) is 14.3 Å². The number of ether oxygens (including phenoxy) is 3. The van der Waals surface area contributed by atoms with E-state index < -0.39 is 44.0 Å². The number of aromatic nitrogens is 3. The van der Waals surface area contributed by atoms with E-state index in [4.69, 9.17) is 24.5 Å². The summed E-state index contributed by atoms with van der Waals surface area (Å²) in [4.78, 5) is 46.1. The van der Waals surface area contributed by atoms with Gasteiger partial charge in [-0.2, -0.15) is 4.98 Å². The van der Waals surface area contributed by atoms with Crippen molar-refractivity contribution >= 4 is 20.0 Å². The van der Waals surface area contributed by atoms with Crippen molar-refractivity contribution in [3.8, 4) is 5.75 Å². The van der Waals surface area contributed by atoms with E-state index in [-0.39, 0.29) is 24.9 Å². The molecule has 1 saturated heterocycles. The Morgan fingerprint density at radius 3 is 2.43 bits per heavy atom. The molecule has 2 aliphatic heterocycles. The number of nitrogen functional groups attached to an aromatic ring is 1. The maximum absolute atomic E-state index is 14.2. The molecule has 1 amide bonds. The third kappa shape index (κ3) is 7.46. The number of nitrogens with two attached hydrogens (primary N) is 1. The topological polar surface area (TPSA) is 189 Å². The number of fused-ring (bicyclic) bond motifs is 1. The minimum atomic E-state index is -3.13. The number of aliphatic hydroxyl groups excluding tert-OH is 1. The van der Waals surface area contributed by atoms with Gasteiger partial charge >= 0.3 is 13.9 Å². The van der Waals surface area contributed by atoms with Gasteiger partial charge in [-0.25, -0.2) is 4.79 Å². The number of aliphatic hydroxyl groups is 1. The fraction of sp³-hybridized carbons (Fsp3) is 0.263. The highest BCUT2D eigenvalue weighted by molar-refractivity contribution is 7.32. The van der Waals surface area contributed by atoms with Crippen molar-refractivity contribution in [3.63, 3.8) is 0 Å². The Bertz CT molecular complexity index is 2120. The van der Waals surface area contributed by atoms with E-state index >= 15 is 0 Å². The van der Waals surface area contributed by atoms with Crippen molar-refractivity contribution in [2.75, 3.05) is 25.6 Å². The largest absolute Gasteiger partial charge is 0.695 e. The summed E-state index contributed by atoms with van der Waals surface area (Å²) in [6, 6.07) is 31.7. The number of rotatable bonds is 14. The summed E-state index contributed by atoms with van der Waals surface area (Å²) in [7, 11) is -3.13. The molecule has 0 saturated carbocycles. The molecule has 3 aromatic carbocycles. The SMILES string of the molecule is Nc1ccn([C@@H]2O[C@H](COc3ccc(C4(COCCc5ccccn5)c5ccccc5C(=O)N4Cc4ccccc4)cc3)[C@@H](O[P+](=O)O)[C@H]2O)c(=O)n1. The zero-order chi connectivity index (χ0) is 37.0. The summed E-state index contributed by atoms with van der Waals surface area (Å²) in [6.07, 6.45) is -1.50. The van der Waals surface area contributed by atoms with E-state index in [1.807, 2.05) is 89.8 Å². The van der Waals surface area contributed by atoms with Gasteiger partial charge in [-0.05, 0) is 53.1 Å². The van der Waals surface area contributed by atoms with Gasteiger partial charge in [0.1, 0.15) is 35.9 Å². The third-order valence-electron chi connectivity index (χ3n) is 9.43. The number of benzene rings is 3. The predicted octanol–water partition coefficient (Wildman–Crippen LogP) is 3.75. The van der Waals surface area contributed by atoms with Crippen LogP contribution in [0.3, 0.4) is 0 Å². The first-order chi connectivity index (χ1) is 25.7. The Morgan fingerprint density at radius 2 is 1.70 bits per heavy atom. The number of carbonyl (C=O) groups is 1. The molecule has 4 N–H and O–H groups in total. The van der Waals surface area contributed by atoms with Crippen LogP contribution in [0.4, 0.5) is 5.82 Å². The quantitative estimate of drug-likeness (QED) is 0.111. The normalized spacial score (nSPS) is 22.5. The van der Waals surface area contributed by atoms with Crippen molar-refractivity contribution in [2.24, 2.45) is 0 Å². The number of hydrogen-bond acceptors (Lipinski definition) is 11. The standard InChI is InChI=1S/C38H36N5O9P/c39-32-17-20-42(37(46)41-32)36-33(44)34(52-53(47)48)31(51-36)23-50-28-15-13-26(14-16-28)38(24-49-21-18-27-10-6-7-19-40-27)30-12-5-4-11-29(30)35(45)43(38)22-25-8-2-1-3-9-25/h1-17,19-20,31,33-34,36,44H,18,21-24H2,(H2-,39,41,46,47,48)/p+1/t31-,33-,34-,36-,38?/m1/s1. The molecule has 0 spiro atoms. The molecule has 4 heterocycles. The van der Waals surface area contributed by atoms with Crippen LogP contribution in [0.5, 0.6) is 5.75 Å². The monoisotopic (exact) mass is 738 g/mol. The fourth-order valence-electron chi connectivity index (χ4n) is 6.90. The molecule has 272 valence electrons. The first-order valence-corrected chi connectivity index (χ1v) is 18.0. The van der Waals surface area contributed by atoms with Gasteiger partial charge in [0.15, 0.2) is 12.3 Å². The van der Waals surface area contributed by atoms with Crippen LogP contribution in [0.1, 0.15) is 39.0 Å². The van der Waals surface area contributed by atoms with Gasteiger partial charge in [0, 0.05) is 41.2 Å². The van der Waals surface area contributed by atoms with Gasteiger partial charge in [0.05, 0.1) is 13.2 Å². The molecule has 2 unspecified atom stereocenters. The van der Waals surface area contributed by atoms with Crippen LogP contribution in [0, 0.1) is 0 Å². The summed E-state index contributed by atoms with van der Waals surface area (Å²) in [6.45, 7) is 0.675. The second-order valence-corrected chi connectivity index (χ2v) is 13.3. The molecule has 6 atom stereocenters. The molecular formula is C38H37N5O9P+. The fourth-order valence-corrected chi connectivity index (χ4v) is 7.37. The Hall–Kier alpha value is -5.34. The highest BCUT2D eigenvalue weighted by Gasteiger charge is 2.52. The van der Waals surface area contributed by atoms with E-state index in [1.165, 1.54) is 12.3 Å². The summed E-state index contributed by atoms with van der Waals surface area (Å²) in [5.41, 5.74) is 7.88. The lowest BCUT2D eigenvalue weighted by Gasteiger charge is -2.40. The van der Waals surface area contributed by atoms with Gasteiger partial charge in [0.2, 0.25) is 0 Å². The second kappa shape index (κ2) is 15.7. The number of amides is 1. The molecule has 0 aliphatic carbocycles. The minimum Gasteiger partial charge on any atom is -0.491 e. The summed E-state index contributed by atoms with van der Waals surface area (Å²) < 4.78 is 36.2. The highest BCUT2D eigenvalue weighted by atomic mass is 31.1. The van der Waals surface area contributed by atoms with Crippen LogP contribution in [0.2, 0.25) is 0 Å². The molecule has 7 rings (SSSR count). The molecule has 5 aromatic rings. The van der Waals surface area contributed by atoms with Crippen molar-refractivity contribution in [1.29, 1.82) is 0 Å².